The van der Waals surface area contributed by atoms with Crippen LogP contribution >= 0.6 is 0 Å². The van der Waals surface area contributed by atoms with Crippen molar-refractivity contribution in [1.29, 1.82) is 0 Å². The number of fused-ring (bicyclic) bond motifs is 3. The molecule has 2 heterocycles. The van der Waals surface area contributed by atoms with E-state index in [1.54, 1.807) is 11.8 Å². The van der Waals surface area contributed by atoms with Gasteiger partial charge in [-0.05, 0) is 63.0 Å². The van der Waals surface area contributed by atoms with Crippen LogP contribution < -0.4 is 5.32 Å². The van der Waals surface area contributed by atoms with Gasteiger partial charge in [0.25, 0.3) is 5.91 Å². The van der Waals surface area contributed by atoms with Gasteiger partial charge in [0.2, 0.25) is 5.91 Å². The lowest BCUT2D eigenvalue weighted by Gasteiger charge is -2.32. The third-order valence-corrected chi connectivity index (χ3v) is 6.15. The molecule has 29 heavy (non-hydrogen) atoms. The topological polar surface area (TPSA) is 54.3 Å². The highest BCUT2D eigenvalue weighted by Gasteiger charge is 2.24. The average molecular weight is 392 g/mol. The molecule has 1 atom stereocenters. The molecule has 152 valence electrons. The zero-order chi connectivity index (χ0) is 20.2. The molecule has 2 aromatic rings. The minimum absolute atomic E-state index is 0.0224. The number of hydrogen-bond acceptors (Lipinski definition) is 2. The Hall–Kier alpha value is -2.74. The molecule has 0 saturated carbocycles. The number of nitrogens with zero attached hydrogens (tertiary/aromatic N) is 2. The molecule has 1 aromatic carbocycles. The molecule has 1 aromatic heterocycles. The molecular formula is C24H29N3O2. The lowest BCUT2D eigenvalue weighted by Crippen LogP contribution is -2.49. The Bertz CT molecular complexity index is 979. The number of aromatic nitrogens is 1. The fraction of sp³-hybridized carbons (Fsp3) is 0.500. The van der Waals surface area contributed by atoms with E-state index >= 15 is 0 Å². The highest BCUT2D eigenvalue weighted by atomic mass is 16.2. The van der Waals surface area contributed by atoms with E-state index < -0.39 is 0 Å². The van der Waals surface area contributed by atoms with Crippen LogP contribution in [0, 0.1) is 11.8 Å². The van der Waals surface area contributed by atoms with E-state index in [2.05, 4.69) is 46.0 Å². The Labute approximate surface area is 172 Å². The maximum atomic E-state index is 12.7. The third-order valence-electron chi connectivity index (χ3n) is 6.15. The second kappa shape index (κ2) is 8.73. The maximum Gasteiger partial charge on any atom is 0.298 e. The number of carbonyl (C=O) groups is 2. The van der Waals surface area contributed by atoms with Crippen LogP contribution in [0.2, 0.25) is 0 Å². The van der Waals surface area contributed by atoms with E-state index in [0.29, 0.717) is 19.5 Å². The summed E-state index contributed by atoms with van der Waals surface area (Å²) < 4.78 is 2.36. The maximum absolute atomic E-state index is 12.7. The number of rotatable bonds is 4. The molecule has 4 rings (SSSR count). The van der Waals surface area contributed by atoms with Crippen LogP contribution in [0.1, 0.15) is 50.3 Å². The predicted octanol–water partition coefficient (Wildman–Crippen LogP) is 3.04. The van der Waals surface area contributed by atoms with Gasteiger partial charge < -0.3 is 14.8 Å². The van der Waals surface area contributed by atoms with Crippen LogP contribution in [0.15, 0.2) is 24.3 Å². The predicted molar refractivity (Wildman–Crippen MR) is 114 cm³/mol. The summed E-state index contributed by atoms with van der Waals surface area (Å²) in [5.41, 5.74) is 4.14. The van der Waals surface area contributed by atoms with Crippen molar-refractivity contribution >= 4 is 22.7 Å². The molecule has 1 saturated heterocycles. The van der Waals surface area contributed by atoms with Crippen molar-refractivity contribution in [3.63, 3.8) is 0 Å². The first-order chi connectivity index (χ1) is 14.2. The van der Waals surface area contributed by atoms with Gasteiger partial charge in [-0.1, -0.05) is 24.1 Å². The minimum Gasteiger partial charge on any atom is -0.352 e. The number of carbonyl (C=O) groups excluding carboxylic acids is 2. The lowest BCUT2D eigenvalue weighted by atomic mass is 9.95. The summed E-state index contributed by atoms with van der Waals surface area (Å²) in [6, 6.07) is 8.59. The highest BCUT2D eigenvalue weighted by molar-refractivity contribution is 5.93. The van der Waals surface area contributed by atoms with E-state index in [0.717, 1.165) is 32.2 Å². The molecule has 1 fully saturated rings. The number of para-hydroxylation sites is 1. The van der Waals surface area contributed by atoms with Crippen molar-refractivity contribution < 1.29 is 9.59 Å². The smallest absolute Gasteiger partial charge is 0.298 e. The number of nitrogens with one attached hydrogen (secondary N) is 1. The number of amides is 2. The second-order valence-corrected chi connectivity index (χ2v) is 8.08. The molecule has 1 N–H and O–H groups in total. The monoisotopic (exact) mass is 391 g/mol. The van der Waals surface area contributed by atoms with Gasteiger partial charge in [-0.15, -0.1) is 0 Å². The molecule has 1 aliphatic heterocycles. The molecule has 5 heteroatoms. The summed E-state index contributed by atoms with van der Waals surface area (Å²) in [5.74, 6) is 5.19. The number of aryl methyl sites for hydroxylation is 2. The van der Waals surface area contributed by atoms with Crippen molar-refractivity contribution in [1.82, 2.24) is 14.8 Å². The van der Waals surface area contributed by atoms with Crippen LogP contribution in [0.3, 0.4) is 0 Å². The molecular weight excluding hydrogens is 362 g/mol. The van der Waals surface area contributed by atoms with E-state index in [9.17, 15) is 9.59 Å². The summed E-state index contributed by atoms with van der Waals surface area (Å²) in [5, 5.41) is 4.49. The van der Waals surface area contributed by atoms with Gasteiger partial charge in [0.1, 0.15) is 0 Å². The van der Waals surface area contributed by atoms with E-state index in [1.807, 2.05) is 0 Å². The Balaban J connectivity index is 1.40. The van der Waals surface area contributed by atoms with Crippen molar-refractivity contribution in [2.45, 2.75) is 64.5 Å². The average Bonchev–Trinajstić information content (AvgIpc) is 3.06. The normalized spacial score (nSPS) is 18.7. The van der Waals surface area contributed by atoms with Gasteiger partial charge >= 0.3 is 0 Å². The molecule has 5 nitrogen and oxygen atoms in total. The van der Waals surface area contributed by atoms with Crippen LogP contribution in [-0.2, 0) is 29.0 Å². The largest absolute Gasteiger partial charge is 0.352 e. The van der Waals surface area contributed by atoms with Crippen molar-refractivity contribution in [3.05, 3.63) is 35.5 Å². The number of piperidine rings is 1. The molecule has 0 bridgehead atoms. The summed E-state index contributed by atoms with van der Waals surface area (Å²) in [6.07, 6.45) is 6.99. The molecule has 2 amide bonds. The zero-order valence-corrected chi connectivity index (χ0v) is 17.2. The van der Waals surface area contributed by atoms with Gasteiger partial charge in [-0.3, -0.25) is 9.59 Å². The second-order valence-electron chi connectivity index (χ2n) is 8.08. The molecule has 2 aliphatic rings. The zero-order valence-electron chi connectivity index (χ0n) is 17.2. The standard InChI is InChI=1S/C24H29N3O2/c1-2-8-24(29)26-15-7-9-18(17-26)25-23(28)14-16-27-21-12-5-3-10-19(21)20-11-4-6-13-22(20)27/h3,5,10,12,18H,4,6-7,9,11,13-17H2,1H3,(H,25,28). The van der Waals surface area contributed by atoms with Crippen molar-refractivity contribution in [2.75, 3.05) is 13.1 Å². The Morgan fingerprint density at radius 1 is 1.17 bits per heavy atom. The molecule has 1 aliphatic carbocycles. The van der Waals surface area contributed by atoms with E-state index in [1.165, 1.54) is 35.0 Å². The minimum atomic E-state index is -0.142. The van der Waals surface area contributed by atoms with Crippen molar-refractivity contribution in [2.24, 2.45) is 0 Å². The quantitative estimate of drug-likeness (QED) is 0.815. The highest BCUT2D eigenvalue weighted by Crippen LogP contribution is 2.32. The first-order valence-corrected chi connectivity index (χ1v) is 10.8. The van der Waals surface area contributed by atoms with Gasteiger partial charge in [-0.25, -0.2) is 0 Å². The van der Waals surface area contributed by atoms with Gasteiger partial charge in [0, 0.05) is 48.7 Å². The molecule has 0 spiro atoms. The van der Waals surface area contributed by atoms with E-state index in [4.69, 9.17) is 0 Å². The molecule has 0 radical (unpaired) electrons. The summed E-state index contributed by atoms with van der Waals surface area (Å²) in [6.45, 7) is 3.66. The van der Waals surface area contributed by atoms with Gasteiger partial charge in [0.05, 0.1) is 0 Å². The van der Waals surface area contributed by atoms with Gasteiger partial charge in [-0.2, -0.15) is 0 Å². The Kier molecular flexibility index (Phi) is 5.89. The first-order valence-electron chi connectivity index (χ1n) is 10.8. The Morgan fingerprint density at radius 2 is 2.00 bits per heavy atom. The summed E-state index contributed by atoms with van der Waals surface area (Å²) in [7, 11) is 0. The Morgan fingerprint density at radius 3 is 2.86 bits per heavy atom. The summed E-state index contributed by atoms with van der Waals surface area (Å²) >= 11 is 0. The van der Waals surface area contributed by atoms with Crippen molar-refractivity contribution in [3.8, 4) is 11.8 Å². The number of benzene rings is 1. The van der Waals surface area contributed by atoms with Crippen LogP contribution in [-0.4, -0.2) is 40.4 Å². The summed E-state index contributed by atoms with van der Waals surface area (Å²) in [4.78, 5) is 26.4. The third kappa shape index (κ3) is 4.17. The fourth-order valence-corrected chi connectivity index (χ4v) is 4.82. The van der Waals surface area contributed by atoms with Crippen LogP contribution in [0.5, 0.6) is 0 Å². The van der Waals surface area contributed by atoms with Crippen LogP contribution in [0.4, 0.5) is 0 Å². The first kappa shape index (κ1) is 19.6. The number of likely N-dealkylation sites (tertiary alicyclic amines) is 1. The number of hydrogen-bond donors (Lipinski definition) is 1. The fourth-order valence-electron chi connectivity index (χ4n) is 4.82. The van der Waals surface area contributed by atoms with Gasteiger partial charge in [0.15, 0.2) is 0 Å². The molecule has 1 unspecified atom stereocenters. The SMILES string of the molecule is CC#CC(=O)N1CCCC(NC(=O)CCn2c3c(c4ccccc42)CCCC3)C1. The van der Waals surface area contributed by atoms with Crippen LogP contribution in [0.25, 0.3) is 10.9 Å². The van der Waals surface area contributed by atoms with E-state index in [-0.39, 0.29) is 17.9 Å². The lowest BCUT2D eigenvalue weighted by molar-refractivity contribution is -0.128.